The monoisotopic (exact) mass is 510 g/mol. The van der Waals surface area contributed by atoms with Crippen LogP contribution in [0.25, 0.3) is 0 Å². The number of nitrogens with zero attached hydrogens (tertiary/aromatic N) is 1. The summed E-state index contributed by atoms with van der Waals surface area (Å²) in [7, 11) is 1.42. The minimum Gasteiger partial charge on any atom is -0.495 e. The van der Waals surface area contributed by atoms with Crippen molar-refractivity contribution in [3.63, 3.8) is 0 Å². The Labute approximate surface area is 211 Å². The molecule has 0 saturated heterocycles. The van der Waals surface area contributed by atoms with E-state index in [4.69, 9.17) is 32.7 Å². The zero-order valence-corrected chi connectivity index (χ0v) is 20.3. The number of rotatable bonds is 7. The third-order valence-electron chi connectivity index (χ3n) is 5.34. The van der Waals surface area contributed by atoms with Gasteiger partial charge in [0.1, 0.15) is 22.2 Å². The number of nitrogens with one attached hydrogen (secondary N) is 1. The van der Waals surface area contributed by atoms with Crippen molar-refractivity contribution >= 4 is 52.4 Å². The Morgan fingerprint density at radius 1 is 0.943 bits per heavy atom. The Morgan fingerprint density at radius 2 is 1.63 bits per heavy atom. The largest absolute Gasteiger partial charge is 0.495 e. The van der Waals surface area contributed by atoms with Gasteiger partial charge in [-0.25, -0.2) is 9.69 Å². The van der Waals surface area contributed by atoms with Crippen LogP contribution in [0.5, 0.6) is 11.5 Å². The summed E-state index contributed by atoms with van der Waals surface area (Å²) < 4.78 is 10.7. The fraction of sp³-hybridized carbons (Fsp3) is 0.115. The van der Waals surface area contributed by atoms with Gasteiger partial charge >= 0.3 is 5.97 Å². The van der Waals surface area contributed by atoms with Crippen LogP contribution in [0, 0.1) is 0 Å². The molecule has 0 spiro atoms. The molecule has 0 fully saturated rings. The number of hydrogen-bond donors (Lipinski definition) is 1. The number of methoxy groups -OCH3 is 1. The van der Waals surface area contributed by atoms with E-state index < -0.39 is 17.8 Å². The Morgan fingerprint density at radius 3 is 2.26 bits per heavy atom. The third kappa shape index (κ3) is 5.01. The van der Waals surface area contributed by atoms with Gasteiger partial charge in [-0.3, -0.25) is 9.59 Å². The highest BCUT2D eigenvalue weighted by atomic mass is 35.5. The van der Waals surface area contributed by atoms with Gasteiger partial charge in [0.15, 0.2) is 0 Å². The number of anilines is 2. The lowest BCUT2D eigenvalue weighted by atomic mass is 10.1. The SMILES string of the molecule is CCc1ccc(OC(=O)c2ccc(NC3=C(Cl)C(=O)N(c4cc(Cl)ccc4OC)C3=O)cc2)cc1. The topological polar surface area (TPSA) is 84.9 Å². The van der Waals surface area contributed by atoms with E-state index in [0.717, 1.165) is 16.9 Å². The molecule has 1 aliphatic heterocycles. The van der Waals surface area contributed by atoms with E-state index in [0.29, 0.717) is 22.0 Å². The van der Waals surface area contributed by atoms with Gasteiger partial charge in [0.05, 0.1) is 18.4 Å². The minimum atomic E-state index is -0.714. The van der Waals surface area contributed by atoms with Gasteiger partial charge in [0.25, 0.3) is 11.8 Å². The number of imide groups is 1. The predicted molar refractivity (Wildman–Crippen MR) is 134 cm³/mol. The minimum absolute atomic E-state index is 0.106. The first-order valence-corrected chi connectivity index (χ1v) is 11.4. The van der Waals surface area contributed by atoms with Crippen LogP contribution in [0.3, 0.4) is 0 Å². The van der Waals surface area contributed by atoms with Gasteiger partial charge in [-0.2, -0.15) is 0 Å². The van der Waals surface area contributed by atoms with E-state index in [1.54, 1.807) is 48.5 Å². The number of carbonyl (C=O) groups excluding carboxylic acids is 3. The van der Waals surface area contributed by atoms with Crippen molar-refractivity contribution in [2.24, 2.45) is 0 Å². The number of hydrogen-bond acceptors (Lipinski definition) is 6. The second-order valence-corrected chi connectivity index (χ2v) is 8.35. The summed E-state index contributed by atoms with van der Waals surface area (Å²) >= 11 is 12.3. The van der Waals surface area contributed by atoms with E-state index in [1.165, 1.54) is 13.2 Å². The van der Waals surface area contributed by atoms with Gasteiger partial charge in [0.2, 0.25) is 0 Å². The number of benzene rings is 3. The molecule has 2 amide bonds. The van der Waals surface area contributed by atoms with Crippen molar-refractivity contribution in [3.05, 3.63) is 93.6 Å². The van der Waals surface area contributed by atoms with Crippen LogP contribution in [0.2, 0.25) is 5.02 Å². The molecule has 0 saturated carbocycles. The summed E-state index contributed by atoms with van der Waals surface area (Å²) in [6.07, 6.45) is 0.891. The van der Waals surface area contributed by atoms with Crippen LogP contribution < -0.4 is 19.7 Å². The smallest absolute Gasteiger partial charge is 0.343 e. The average molecular weight is 511 g/mol. The molecule has 0 aliphatic carbocycles. The summed E-state index contributed by atoms with van der Waals surface area (Å²) in [6, 6.07) is 18.1. The van der Waals surface area contributed by atoms with Crippen LogP contribution in [0.1, 0.15) is 22.8 Å². The molecule has 0 radical (unpaired) electrons. The molecule has 4 rings (SSSR count). The van der Waals surface area contributed by atoms with Crippen molar-refractivity contribution in [2.75, 3.05) is 17.3 Å². The fourth-order valence-corrected chi connectivity index (χ4v) is 3.84. The average Bonchev–Trinajstić information content (AvgIpc) is 3.07. The van der Waals surface area contributed by atoms with Crippen molar-refractivity contribution in [3.8, 4) is 11.5 Å². The van der Waals surface area contributed by atoms with Gasteiger partial charge in [0, 0.05) is 10.7 Å². The van der Waals surface area contributed by atoms with Crippen LogP contribution in [-0.2, 0) is 16.0 Å². The van der Waals surface area contributed by atoms with Gasteiger partial charge in [-0.15, -0.1) is 0 Å². The summed E-state index contributed by atoms with van der Waals surface area (Å²) in [5.41, 5.74) is 1.97. The summed E-state index contributed by atoms with van der Waals surface area (Å²) in [5, 5.41) is 2.90. The van der Waals surface area contributed by atoms with Gasteiger partial charge in [-0.05, 0) is 66.6 Å². The van der Waals surface area contributed by atoms with Crippen LogP contribution >= 0.6 is 23.2 Å². The first-order valence-electron chi connectivity index (χ1n) is 10.6. The molecule has 178 valence electrons. The number of ether oxygens (including phenoxy) is 2. The zero-order chi connectivity index (χ0) is 25.1. The Hall–Kier alpha value is -3.81. The normalized spacial score (nSPS) is 13.3. The number of carbonyl (C=O) groups is 3. The second-order valence-electron chi connectivity index (χ2n) is 7.54. The highest BCUT2D eigenvalue weighted by Gasteiger charge is 2.40. The number of halogens is 2. The quantitative estimate of drug-likeness (QED) is 0.254. The molecule has 35 heavy (non-hydrogen) atoms. The van der Waals surface area contributed by atoms with E-state index in [2.05, 4.69) is 5.32 Å². The third-order valence-corrected chi connectivity index (χ3v) is 5.93. The van der Waals surface area contributed by atoms with Crippen LogP contribution in [0.4, 0.5) is 11.4 Å². The van der Waals surface area contributed by atoms with E-state index in [1.807, 2.05) is 19.1 Å². The molecule has 0 bridgehead atoms. The molecule has 0 unspecified atom stereocenters. The standard InChI is InChI=1S/C26H20Cl2N2O5/c1-3-15-4-11-19(12-5-15)35-26(33)16-6-9-18(10-7-16)29-23-22(28)24(31)30(25(23)32)20-14-17(27)8-13-21(20)34-2/h4-14,29H,3H2,1-2H3. The van der Waals surface area contributed by atoms with Gasteiger partial charge < -0.3 is 14.8 Å². The molecule has 0 atom stereocenters. The first-order chi connectivity index (χ1) is 16.8. The van der Waals surface area contributed by atoms with Crippen LogP contribution in [0.15, 0.2) is 77.5 Å². The Balaban J connectivity index is 1.49. The van der Waals surface area contributed by atoms with E-state index in [9.17, 15) is 14.4 Å². The molecule has 1 aliphatic rings. The highest BCUT2D eigenvalue weighted by Crippen LogP contribution is 2.37. The lowest BCUT2D eigenvalue weighted by Crippen LogP contribution is -2.32. The lowest BCUT2D eigenvalue weighted by molar-refractivity contribution is -0.120. The summed E-state index contributed by atoms with van der Waals surface area (Å²) in [5.74, 6) is -1.18. The Bertz CT molecular complexity index is 1330. The fourth-order valence-electron chi connectivity index (χ4n) is 3.46. The lowest BCUT2D eigenvalue weighted by Gasteiger charge is -2.18. The second kappa shape index (κ2) is 10.2. The maximum Gasteiger partial charge on any atom is 0.343 e. The molecule has 1 heterocycles. The molecule has 3 aromatic carbocycles. The van der Waals surface area contributed by atoms with Crippen molar-refractivity contribution in [1.29, 1.82) is 0 Å². The van der Waals surface area contributed by atoms with Crippen molar-refractivity contribution < 1.29 is 23.9 Å². The molecular weight excluding hydrogens is 491 g/mol. The number of esters is 1. The number of aryl methyl sites for hydroxylation is 1. The number of amides is 2. The molecular formula is C26H20Cl2N2O5. The predicted octanol–water partition coefficient (Wildman–Crippen LogP) is 5.57. The van der Waals surface area contributed by atoms with Crippen molar-refractivity contribution in [2.45, 2.75) is 13.3 Å². The van der Waals surface area contributed by atoms with Crippen molar-refractivity contribution in [1.82, 2.24) is 0 Å². The van der Waals surface area contributed by atoms with E-state index in [-0.39, 0.29) is 22.2 Å². The molecule has 9 heteroatoms. The summed E-state index contributed by atoms with van der Waals surface area (Å²) in [6.45, 7) is 2.04. The van der Waals surface area contributed by atoms with Crippen LogP contribution in [-0.4, -0.2) is 24.9 Å². The molecule has 0 aromatic heterocycles. The zero-order valence-electron chi connectivity index (χ0n) is 18.8. The van der Waals surface area contributed by atoms with E-state index >= 15 is 0 Å². The highest BCUT2D eigenvalue weighted by molar-refractivity contribution is 6.53. The maximum absolute atomic E-state index is 13.1. The molecule has 3 aromatic rings. The Kier molecular flexibility index (Phi) is 7.10. The molecule has 1 N–H and O–H groups in total. The first kappa shape index (κ1) is 24.3. The summed E-state index contributed by atoms with van der Waals surface area (Å²) in [4.78, 5) is 39.2. The molecule has 7 nitrogen and oxygen atoms in total. The maximum atomic E-state index is 13.1. The van der Waals surface area contributed by atoms with Gasteiger partial charge in [-0.1, -0.05) is 42.3 Å².